The second-order valence-corrected chi connectivity index (χ2v) is 7.45. The number of carbonyl (C=O) groups excluding carboxylic acids is 1. The van der Waals surface area contributed by atoms with Crippen molar-refractivity contribution in [2.24, 2.45) is 0 Å². The Labute approximate surface area is 141 Å². The van der Waals surface area contributed by atoms with Crippen LogP contribution in [-0.2, 0) is 10.0 Å². The molecule has 7 heteroatoms. The van der Waals surface area contributed by atoms with Gasteiger partial charge in [0.2, 0.25) is 0 Å². The summed E-state index contributed by atoms with van der Waals surface area (Å²) in [7, 11) is -2.32. The summed E-state index contributed by atoms with van der Waals surface area (Å²) in [6.07, 6.45) is 1.96. The molecular weight excluding hydrogens is 382 g/mol. The van der Waals surface area contributed by atoms with E-state index >= 15 is 0 Å². The fourth-order valence-electron chi connectivity index (χ4n) is 2.38. The summed E-state index contributed by atoms with van der Waals surface area (Å²) in [6, 6.07) is 11.5. The van der Waals surface area contributed by atoms with Crippen LogP contribution in [0.3, 0.4) is 0 Å². The number of carbonyl (C=O) groups is 1. The molecule has 3 aromatic rings. The van der Waals surface area contributed by atoms with E-state index in [-0.39, 0.29) is 10.5 Å². The van der Waals surface area contributed by atoms with Crippen LogP contribution in [0.1, 0.15) is 10.4 Å². The maximum Gasteiger partial charge on any atom is 0.269 e. The minimum absolute atomic E-state index is 0.130. The summed E-state index contributed by atoms with van der Waals surface area (Å²) in [6.45, 7) is 0. The zero-order valence-corrected chi connectivity index (χ0v) is 14.5. The zero-order valence-electron chi connectivity index (χ0n) is 12.1. The van der Waals surface area contributed by atoms with E-state index in [0.29, 0.717) is 27.4 Å². The standard InChI is InChI=1S/C16H12BrNO4S/c1-22-12-6-7-15-13(8-12)11(10-19)9-18(15)23(20,21)16-5-3-2-4-14(16)17/h2-10H,1H3. The van der Waals surface area contributed by atoms with Crippen LogP contribution >= 0.6 is 15.9 Å². The number of aromatic nitrogens is 1. The monoisotopic (exact) mass is 393 g/mol. The van der Waals surface area contributed by atoms with E-state index in [1.165, 1.54) is 19.4 Å². The number of methoxy groups -OCH3 is 1. The molecular formula is C16H12BrNO4S. The molecule has 0 radical (unpaired) electrons. The number of hydrogen-bond donors (Lipinski definition) is 0. The first-order valence-electron chi connectivity index (χ1n) is 6.63. The third kappa shape index (κ3) is 2.55. The molecule has 0 aliphatic heterocycles. The van der Waals surface area contributed by atoms with Crippen molar-refractivity contribution in [3.63, 3.8) is 0 Å². The van der Waals surface area contributed by atoms with Gasteiger partial charge in [-0.2, -0.15) is 0 Å². The highest BCUT2D eigenvalue weighted by Crippen LogP contribution is 2.30. The maximum absolute atomic E-state index is 12.9. The van der Waals surface area contributed by atoms with E-state index in [2.05, 4.69) is 15.9 Å². The SMILES string of the molecule is COc1ccc2c(c1)c(C=O)cn2S(=O)(=O)c1ccccc1Br. The van der Waals surface area contributed by atoms with Gasteiger partial charge < -0.3 is 4.74 Å². The predicted octanol–water partition coefficient (Wildman–Crippen LogP) is 3.46. The Morgan fingerprint density at radius 1 is 1.17 bits per heavy atom. The van der Waals surface area contributed by atoms with Gasteiger partial charge >= 0.3 is 0 Å². The summed E-state index contributed by atoms with van der Waals surface area (Å²) >= 11 is 3.26. The van der Waals surface area contributed by atoms with Crippen LogP contribution in [0.2, 0.25) is 0 Å². The molecule has 0 saturated carbocycles. The molecule has 3 rings (SSSR count). The molecule has 0 unspecified atom stereocenters. The number of benzene rings is 2. The molecule has 2 aromatic carbocycles. The van der Waals surface area contributed by atoms with Crippen LogP contribution in [0.25, 0.3) is 10.9 Å². The van der Waals surface area contributed by atoms with Crippen molar-refractivity contribution in [3.05, 3.63) is 58.7 Å². The van der Waals surface area contributed by atoms with E-state index in [4.69, 9.17) is 4.74 Å². The second kappa shape index (κ2) is 5.82. The number of hydrogen-bond acceptors (Lipinski definition) is 4. The van der Waals surface area contributed by atoms with Gasteiger partial charge in [0, 0.05) is 21.6 Å². The highest BCUT2D eigenvalue weighted by Gasteiger charge is 2.23. The fourth-order valence-corrected chi connectivity index (χ4v) is 4.73. The fraction of sp³-hybridized carbons (Fsp3) is 0.0625. The Morgan fingerprint density at radius 3 is 2.57 bits per heavy atom. The number of fused-ring (bicyclic) bond motifs is 1. The first kappa shape index (κ1) is 15.8. The summed E-state index contributed by atoms with van der Waals surface area (Å²) in [4.78, 5) is 11.4. The molecule has 0 fully saturated rings. The third-order valence-corrected chi connectivity index (χ3v) is 6.19. The first-order chi connectivity index (χ1) is 11.0. The van der Waals surface area contributed by atoms with E-state index in [1.807, 2.05) is 0 Å². The summed E-state index contributed by atoms with van der Waals surface area (Å²) in [5, 5.41) is 0.523. The van der Waals surface area contributed by atoms with Crippen molar-refractivity contribution in [2.75, 3.05) is 7.11 Å². The smallest absolute Gasteiger partial charge is 0.269 e. The van der Waals surface area contributed by atoms with Crippen LogP contribution in [0.15, 0.2) is 58.0 Å². The van der Waals surface area contributed by atoms with Crippen LogP contribution < -0.4 is 4.74 Å². The summed E-state index contributed by atoms with van der Waals surface area (Å²) < 4.78 is 32.6. The Hall–Kier alpha value is -2.12. The minimum atomic E-state index is -3.83. The highest BCUT2D eigenvalue weighted by molar-refractivity contribution is 9.10. The third-order valence-electron chi connectivity index (χ3n) is 3.51. The van der Waals surface area contributed by atoms with Crippen LogP contribution in [0.5, 0.6) is 5.75 Å². The van der Waals surface area contributed by atoms with Crippen molar-refractivity contribution in [1.82, 2.24) is 3.97 Å². The quantitative estimate of drug-likeness (QED) is 0.636. The van der Waals surface area contributed by atoms with Gasteiger partial charge in [0.15, 0.2) is 6.29 Å². The number of aldehydes is 1. The van der Waals surface area contributed by atoms with Gasteiger partial charge in [-0.3, -0.25) is 4.79 Å². The molecule has 1 aromatic heterocycles. The van der Waals surface area contributed by atoms with E-state index in [0.717, 1.165) is 3.97 Å². The second-order valence-electron chi connectivity index (χ2n) is 4.82. The molecule has 0 bridgehead atoms. The van der Waals surface area contributed by atoms with E-state index < -0.39 is 10.0 Å². The van der Waals surface area contributed by atoms with Crippen molar-refractivity contribution in [2.45, 2.75) is 4.90 Å². The molecule has 0 aliphatic carbocycles. The number of nitrogens with zero attached hydrogens (tertiary/aromatic N) is 1. The normalized spacial score (nSPS) is 11.6. The Balaban J connectivity index is 2.32. The predicted molar refractivity (Wildman–Crippen MR) is 90.6 cm³/mol. The van der Waals surface area contributed by atoms with Crippen LogP contribution in [0.4, 0.5) is 0 Å². The maximum atomic E-state index is 12.9. The van der Waals surface area contributed by atoms with Crippen LogP contribution in [0, 0.1) is 0 Å². The van der Waals surface area contributed by atoms with Gasteiger partial charge in [-0.15, -0.1) is 0 Å². The molecule has 0 N–H and O–H groups in total. The van der Waals surface area contributed by atoms with Gasteiger partial charge in [-0.25, -0.2) is 12.4 Å². The lowest BCUT2D eigenvalue weighted by Crippen LogP contribution is -2.12. The molecule has 0 saturated heterocycles. The molecule has 1 heterocycles. The molecule has 5 nitrogen and oxygen atoms in total. The topological polar surface area (TPSA) is 65.4 Å². The number of ether oxygens (including phenoxy) is 1. The molecule has 118 valence electrons. The Kier molecular flexibility index (Phi) is 3.99. The largest absolute Gasteiger partial charge is 0.497 e. The summed E-state index contributed by atoms with van der Waals surface area (Å²) in [5.41, 5.74) is 0.707. The van der Waals surface area contributed by atoms with E-state index in [9.17, 15) is 13.2 Å². The minimum Gasteiger partial charge on any atom is -0.497 e. The zero-order chi connectivity index (χ0) is 16.6. The van der Waals surface area contributed by atoms with Crippen molar-refractivity contribution < 1.29 is 17.9 Å². The van der Waals surface area contributed by atoms with Crippen molar-refractivity contribution >= 4 is 43.1 Å². The van der Waals surface area contributed by atoms with Gasteiger partial charge in [0.25, 0.3) is 10.0 Å². The van der Waals surface area contributed by atoms with Gasteiger partial charge in [-0.1, -0.05) is 12.1 Å². The van der Waals surface area contributed by atoms with E-state index in [1.54, 1.807) is 36.4 Å². The molecule has 23 heavy (non-hydrogen) atoms. The number of halogens is 1. The molecule has 0 atom stereocenters. The lowest BCUT2D eigenvalue weighted by Gasteiger charge is -2.09. The Bertz CT molecular complexity index is 1010. The average Bonchev–Trinajstić information content (AvgIpc) is 2.93. The van der Waals surface area contributed by atoms with Crippen molar-refractivity contribution in [3.8, 4) is 5.75 Å². The van der Waals surface area contributed by atoms with Gasteiger partial charge in [-0.05, 0) is 46.3 Å². The molecule has 0 aliphatic rings. The van der Waals surface area contributed by atoms with Crippen molar-refractivity contribution in [1.29, 1.82) is 0 Å². The lowest BCUT2D eigenvalue weighted by molar-refractivity contribution is 0.112. The first-order valence-corrected chi connectivity index (χ1v) is 8.86. The molecule has 0 amide bonds. The lowest BCUT2D eigenvalue weighted by atomic mass is 10.2. The van der Waals surface area contributed by atoms with Gasteiger partial charge in [0.1, 0.15) is 10.6 Å². The molecule has 0 spiro atoms. The Morgan fingerprint density at radius 2 is 1.91 bits per heavy atom. The summed E-state index contributed by atoms with van der Waals surface area (Å²) in [5.74, 6) is 0.552. The average molecular weight is 394 g/mol. The number of rotatable bonds is 4. The van der Waals surface area contributed by atoms with Crippen LogP contribution in [-0.4, -0.2) is 25.8 Å². The highest BCUT2D eigenvalue weighted by atomic mass is 79.9. The van der Waals surface area contributed by atoms with Gasteiger partial charge in [0.05, 0.1) is 12.6 Å².